The molecule has 1 aromatic heterocycles. The standard InChI is InChI=1S/C20H23N5/c1-13(2)18(23-24-20(21)22)17-15-11-7-8-12-16(15)25(3)19(17)14-9-5-4-6-10-14/h4-13H,1-3H3,(H4,21,22,24). The van der Waals surface area contributed by atoms with Crippen molar-refractivity contribution < 1.29 is 0 Å². The van der Waals surface area contributed by atoms with Crippen LogP contribution in [0.15, 0.2) is 64.8 Å². The smallest absolute Gasteiger partial charge is 0.211 e. The van der Waals surface area contributed by atoms with Crippen LogP contribution in [0.2, 0.25) is 0 Å². The zero-order valence-electron chi connectivity index (χ0n) is 14.8. The number of fused-ring (bicyclic) bond motifs is 1. The van der Waals surface area contributed by atoms with Crippen LogP contribution in [0.1, 0.15) is 19.4 Å². The number of aromatic nitrogens is 1. The van der Waals surface area contributed by atoms with Gasteiger partial charge >= 0.3 is 0 Å². The molecule has 0 radical (unpaired) electrons. The largest absolute Gasteiger partial charge is 0.369 e. The van der Waals surface area contributed by atoms with Crippen LogP contribution in [-0.2, 0) is 7.05 Å². The Morgan fingerprint density at radius 1 is 0.920 bits per heavy atom. The van der Waals surface area contributed by atoms with E-state index in [1.165, 1.54) is 0 Å². The molecule has 3 rings (SSSR count). The highest BCUT2D eigenvalue weighted by atomic mass is 15.3. The third-order valence-corrected chi connectivity index (χ3v) is 4.23. The predicted molar refractivity (Wildman–Crippen MR) is 106 cm³/mol. The third kappa shape index (κ3) is 3.13. The molecular weight excluding hydrogens is 310 g/mol. The summed E-state index contributed by atoms with van der Waals surface area (Å²) >= 11 is 0. The van der Waals surface area contributed by atoms with Gasteiger partial charge in [0.2, 0.25) is 5.96 Å². The molecule has 3 aromatic rings. The zero-order chi connectivity index (χ0) is 18.0. The maximum absolute atomic E-state index is 5.50. The third-order valence-electron chi connectivity index (χ3n) is 4.23. The SMILES string of the molecule is CC(C)C(=NN=C(N)N)c1c(-c2ccccc2)n(C)c2ccccc12. The Balaban J connectivity index is 2.40. The predicted octanol–water partition coefficient (Wildman–Crippen LogP) is 3.48. The van der Waals surface area contributed by atoms with Crippen molar-refractivity contribution in [2.24, 2.45) is 34.6 Å². The first-order chi connectivity index (χ1) is 12.0. The minimum absolute atomic E-state index is 0.0420. The van der Waals surface area contributed by atoms with E-state index in [1.54, 1.807) is 0 Å². The van der Waals surface area contributed by atoms with Gasteiger partial charge in [-0.05, 0) is 17.5 Å². The Kier molecular flexibility index (Phi) is 4.57. The quantitative estimate of drug-likeness (QED) is 0.435. The van der Waals surface area contributed by atoms with Crippen molar-refractivity contribution in [1.82, 2.24) is 4.57 Å². The normalized spacial score (nSPS) is 11.9. The summed E-state index contributed by atoms with van der Waals surface area (Å²) in [6, 6.07) is 18.6. The lowest BCUT2D eigenvalue weighted by molar-refractivity contribution is 0.875. The maximum Gasteiger partial charge on any atom is 0.211 e. The van der Waals surface area contributed by atoms with Crippen LogP contribution in [0, 0.1) is 5.92 Å². The molecule has 4 N–H and O–H groups in total. The molecule has 0 saturated heterocycles. The van der Waals surface area contributed by atoms with E-state index in [4.69, 9.17) is 11.5 Å². The highest BCUT2D eigenvalue weighted by molar-refractivity contribution is 6.16. The molecule has 0 fully saturated rings. The monoisotopic (exact) mass is 333 g/mol. The van der Waals surface area contributed by atoms with E-state index in [-0.39, 0.29) is 11.9 Å². The molecule has 0 spiro atoms. The second-order valence-corrected chi connectivity index (χ2v) is 6.33. The molecular formula is C20H23N5. The van der Waals surface area contributed by atoms with Crippen LogP contribution < -0.4 is 11.5 Å². The van der Waals surface area contributed by atoms with Crippen molar-refractivity contribution in [3.05, 3.63) is 60.2 Å². The Hall–Kier alpha value is -3.08. The zero-order valence-corrected chi connectivity index (χ0v) is 14.8. The molecule has 5 heteroatoms. The molecule has 1 heterocycles. The van der Waals surface area contributed by atoms with Crippen molar-refractivity contribution in [3.8, 4) is 11.3 Å². The molecule has 0 bridgehead atoms. The molecule has 0 aliphatic heterocycles. The van der Waals surface area contributed by atoms with Crippen LogP contribution >= 0.6 is 0 Å². The van der Waals surface area contributed by atoms with E-state index in [1.807, 2.05) is 30.3 Å². The number of rotatable bonds is 4. The second kappa shape index (κ2) is 6.81. The van der Waals surface area contributed by atoms with Gasteiger partial charge < -0.3 is 16.0 Å². The van der Waals surface area contributed by atoms with Crippen LogP contribution in [0.3, 0.4) is 0 Å². The average Bonchev–Trinajstić information content (AvgIpc) is 2.89. The van der Waals surface area contributed by atoms with Crippen LogP contribution in [0.25, 0.3) is 22.2 Å². The van der Waals surface area contributed by atoms with E-state index >= 15 is 0 Å². The molecule has 0 aliphatic carbocycles. The van der Waals surface area contributed by atoms with E-state index in [0.717, 1.165) is 33.4 Å². The molecule has 25 heavy (non-hydrogen) atoms. The molecule has 0 atom stereocenters. The lowest BCUT2D eigenvalue weighted by atomic mass is 9.94. The van der Waals surface area contributed by atoms with E-state index in [9.17, 15) is 0 Å². The second-order valence-electron chi connectivity index (χ2n) is 6.33. The molecule has 0 amide bonds. The summed E-state index contributed by atoms with van der Waals surface area (Å²) < 4.78 is 2.20. The van der Waals surface area contributed by atoms with Crippen LogP contribution in [0.4, 0.5) is 0 Å². The summed E-state index contributed by atoms with van der Waals surface area (Å²) in [5, 5.41) is 9.45. The van der Waals surface area contributed by atoms with Gasteiger partial charge in [0.1, 0.15) is 0 Å². The molecule has 5 nitrogen and oxygen atoms in total. The minimum Gasteiger partial charge on any atom is -0.369 e. The summed E-state index contributed by atoms with van der Waals surface area (Å²) in [7, 11) is 2.08. The number of hydrogen-bond acceptors (Lipinski definition) is 2. The highest BCUT2D eigenvalue weighted by Crippen LogP contribution is 2.35. The van der Waals surface area contributed by atoms with Gasteiger partial charge in [-0.25, -0.2) is 0 Å². The maximum atomic E-state index is 5.50. The molecule has 0 aliphatic rings. The Morgan fingerprint density at radius 3 is 2.20 bits per heavy atom. The average molecular weight is 333 g/mol. The number of guanidine groups is 1. The van der Waals surface area contributed by atoms with Crippen LogP contribution in [0.5, 0.6) is 0 Å². The Bertz CT molecular complexity index is 945. The summed E-state index contributed by atoms with van der Waals surface area (Å²) in [6.07, 6.45) is 0. The number of hydrogen-bond donors (Lipinski definition) is 2. The molecule has 0 unspecified atom stereocenters. The summed E-state index contributed by atoms with van der Waals surface area (Å²) in [5.41, 5.74) is 16.3. The van der Waals surface area contributed by atoms with Crippen molar-refractivity contribution in [1.29, 1.82) is 0 Å². The number of nitrogens with zero attached hydrogens (tertiary/aromatic N) is 3. The number of benzene rings is 2. The summed E-state index contributed by atoms with van der Waals surface area (Å²) in [6.45, 7) is 4.19. The first kappa shape index (κ1) is 16.8. The van der Waals surface area contributed by atoms with Gasteiger partial charge in [0.25, 0.3) is 0 Å². The van der Waals surface area contributed by atoms with Crippen molar-refractivity contribution in [3.63, 3.8) is 0 Å². The van der Waals surface area contributed by atoms with Gasteiger partial charge in [0, 0.05) is 23.5 Å². The molecule has 2 aromatic carbocycles. The molecule has 128 valence electrons. The summed E-state index contributed by atoms with van der Waals surface area (Å²) in [5.74, 6) is 0.121. The first-order valence-corrected chi connectivity index (χ1v) is 8.30. The van der Waals surface area contributed by atoms with E-state index in [0.29, 0.717) is 0 Å². The Morgan fingerprint density at radius 2 is 1.56 bits per heavy atom. The number of para-hydroxylation sites is 1. The highest BCUT2D eigenvalue weighted by Gasteiger charge is 2.22. The fraction of sp³-hybridized carbons (Fsp3) is 0.200. The van der Waals surface area contributed by atoms with Gasteiger partial charge in [0.15, 0.2) is 0 Å². The van der Waals surface area contributed by atoms with Crippen molar-refractivity contribution >= 4 is 22.6 Å². The van der Waals surface area contributed by atoms with Gasteiger partial charge in [-0.1, -0.05) is 62.4 Å². The van der Waals surface area contributed by atoms with Gasteiger partial charge in [-0.3, -0.25) is 0 Å². The van der Waals surface area contributed by atoms with E-state index < -0.39 is 0 Å². The number of aryl methyl sites for hydroxylation is 1. The Labute approximate surface area is 147 Å². The van der Waals surface area contributed by atoms with E-state index in [2.05, 4.69) is 59.9 Å². The fourth-order valence-corrected chi connectivity index (χ4v) is 3.15. The summed E-state index contributed by atoms with van der Waals surface area (Å²) in [4.78, 5) is 0. The fourth-order valence-electron chi connectivity index (χ4n) is 3.15. The lowest BCUT2D eigenvalue weighted by Gasteiger charge is -2.13. The topological polar surface area (TPSA) is 81.7 Å². The minimum atomic E-state index is -0.0420. The van der Waals surface area contributed by atoms with Gasteiger partial charge in [-0.15, -0.1) is 5.10 Å². The van der Waals surface area contributed by atoms with Crippen molar-refractivity contribution in [2.45, 2.75) is 13.8 Å². The number of nitrogens with two attached hydrogens (primary N) is 2. The van der Waals surface area contributed by atoms with Crippen molar-refractivity contribution in [2.75, 3.05) is 0 Å². The van der Waals surface area contributed by atoms with Gasteiger partial charge in [0.05, 0.1) is 11.4 Å². The lowest BCUT2D eigenvalue weighted by Crippen LogP contribution is -2.22. The first-order valence-electron chi connectivity index (χ1n) is 8.30. The van der Waals surface area contributed by atoms with Gasteiger partial charge in [-0.2, -0.15) is 5.10 Å². The molecule has 0 saturated carbocycles. The van der Waals surface area contributed by atoms with Crippen LogP contribution in [-0.4, -0.2) is 16.2 Å².